The molecule has 14 heavy (non-hydrogen) atoms. The topological polar surface area (TPSA) is 17.1 Å². The smallest absolute Gasteiger partial charge is 0.147 e. The minimum atomic E-state index is -0.295. The molecule has 3 heteroatoms. The maximum Gasteiger partial charge on any atom is 0.147 e. The second kappa shape index (κ2) is 5.25. The van der Waals surface area contributed by atoms with Gasteiger partial charge >= 0.3 is 0 Å². The van der Waals surface area contributed by atoms with E-state index < -0.39 is 0 Å². The SMILES string of the molecule is CCc1ccc(F)c(CC(=O)CBr)c1. The van der Waals surface area contributed by atoms with Gasteiger partial charge in [0.2, 0.25) is 0 Å². The Labute approximate surface area is 91.5 Å². The van der Waals surface area contributed by atoms with Gasteiger partial charge in [0.1, 0.15) is 11.6 Å². The lowest BCUT2D eigenvalue weighted by Gasteiger charge is -2.03. The van der Waals surface area contributed by atoms with Crippen LogP contribution >= 0.6 is 15.9 Å². The molecule has 1 aromatic carbocycles. The molecule has 0 saturated heterocycles. The lowest BCUT2D eigenvalue weighted by atomic mass is 10.0. The number of hydrogen-bond donors (Lipinski definition) is 0. The van der Waals surface area contributed by atoms with Gasteiger partial charge in [0, 0.05) is 6.42 Å². The van der Waals surface area contributed by atoms with E-state index in [0.29, 0.717) is 5.56 Å². The molecule has 0 fully saturated rings. The monoisotopic (exact) mass is 258 g/mol. The maximum atomic E-state index is 13.2. The van der Waals surface area contributed by atoms with Crippen molar-refractivity contribution in [3.05, 3.63) is 35.1 Å². The van der Waals surface area contributed by atoms with Crippen molar-refractivity contribution in [2.24, 2.45) is 0 Å². The van der Waals surface area contributed by atoms with Gasteiger partial charge in [-0.3, -0.25) is 4.79 Å². The maximum absolute atomic E-state index is 13.2. The molecule has 0 saturated carbocycles. The van der Waals surface area contributed by atoms with E-state index in [1.807, 2.05) is 6.92 Å². The average molecular weight is 259 g/mol. The number of Topliss-reactive ketones (excluding diaryl/α,β-unsaturated/α-hetero) is 1. The zero-order valence-electron chi connectivity index (χ0n) is 8.02. The molecular weight excluding hydrogens is 247 g/mol. The first-order valence-corrected chi connectivity index (χ1v) is 5.64. The number of halogens is 2. The molecule has 0 aliphatic rings. The number of carbonyl (C=O) groups is 1. The van der Waals surface area contributed by atoms with Crippen LogP contribution in [0.4, 0.5) is 4.39 Å². The van der Waals surface area contributed by atoms with Gasteiger partial charge in [-0.1, -0.05) is 35.0 Å². The van der Waals surface area contributed by atoms with Crippen LogP contribution in [-0.4, -0.2) is 11.1 Å². The molecule has 0 heterocycles. The molecule has 0 aliphatic carbocycles. The molecule has 0 bridgehead atoms. The molecule has 0 N–H and O–H groups in total. The standard InChI is InChI=1S/C11H12BrFO/c1-2-8-3-4-11(13)9(5-8)6-10(14)7-12/h3-5H,2,6-7H2,1H3. The van der Waals surface area contributed by atoms with Crippen molar-refractivity contribution in [2.45, 2.75) is 19.8 Å². The fraction of sp³-hybridized carbons (Fsp3) is 0.364. The fourth-order valence-electron chi connectivity index (χ4n) is 1.24. The summed E-state index contributed by atoms with van der Waals surface area (Å²) in [6, 6.07) is 4.93. The summed E-state index contributed by atoms with van der Waals surface area (Å²) in [4.78, 5) is 11.1. The molecule has 0 aliphatic heterocycles. The van der Waals surface area contributed by atoms with Crippen molar-refractivity contribution in [2.75, 3.05) is 5.33 Å². The summed E-state index contributed by atoms with van der Waals surface area (Å²) in [5, 5.41) is 0.281. The van der Waals surface area contributed by atoms with Gasteiger partial charge in [-0.2, -0.15) is 0 Å². The minimum absolute atomic E-state index is 0.00264. The highest BCUT2D eigenvalue weighted by atomic mass is 79.9. The molecule has 1 aromatic rings. The summed E-state index contributed by atoms with van der Waals surface area (Å²) in [6.07, 6.45) is 1.03. The van der Waals surface area contributed by atoms with Gasteiger partial charge in [-0.25, -0.2) is 4.39 Å². The van der Waals surface area contributed by atoms with Gasteiger partial charge in [-0.05, 0) is 23.6 Å². The van der Waals surface area contributed by atoms with Crippen molar-refractivity contribution in [1.82, 2.24) is 0 Å². The molecule has 0 spiro atoms. The number of benzene rings is 1. The van der Waals surface area contributed by atoms with E-state index in [4.69, 9.17) is 0 Å². The van der Waals surface area contributed by atoms with E-state index >= 15 is 0 Å². The summed E-state index contributed by atoms with van der Waals surface area (Å²) in [5.74, 6) is -0.298. The van der Waals surface area contributed by atoms with E-state index in [9.17, 15) is 9.18 Å². The van der Waals surface area contributed by atoms with Crippen molar-refractivity contribution >= 4 is 21.7 Å². The summed E-state index contributed by atoms with van der Waals surface area (Å²) in [5.41, 5.74) is 1.55. The third-order valence-corrected chi connectivity index (χ3v) is 2.68. The first-order chi connectivity index (χ1) is 6.67. The number of alkyl halides is 1. The summed E-state index contributed by atoms with van der Waals surface area (Å²) < 4.78 is 13.2. The Bertz CT molecular complexity index is 336. The van der Waals surface area contributed by atoms with Crippen LogP contribution in [0.2, 0.25) is 0 Å². The van der Waals surface area contributed by atoms with Crippen molar-refractivity contribution in [1.29, 1.82) is 0 Å². The van der Waals surface area contributed by atoms with Gasteiger partial charge < -0.3 is 0 Å². The average Bonchev–Trinajstić information content (AvgIpc) is 2.21. The van der Waals surface area contributed by atoms with E-state index in [0.717, 1.165) is 12.0 Å². The van der Waals surface area contributed by atoms with Crippen molar-refractivity contribution in [3.63, 3.8) is 0 Å². The normalized spacial score (nSPS) is 10.2. The molecule has 0 amide bonds. The summed E-state index contributed by atoms with van der Waals surface area (Å²) >= 11 is 3.06. The van der Waals surface area contributed by atoms with Crippen molar-refractivity contribution in [3.8, 4) is 0 Å². The third-order valence-electron chi connectivity index (χ3n) is 2.06. The van der Waals surface area contributed by atoms with Crippen LogP contribution in [0.3, 0.4) is 0 Å². The van der Waals surface area contributed by atoms with Crippen LogP contribution < -0.4 is 0 Å². The second-order valence-corrected chi connectivity index (χ2v) is 3.69. The number of hydrogen-bond acceptors (Lipinski definition) is 1. The first-order valence-electron chi connectivity index (χ1n) is 4.52. The first kappa shape index (κ1) is 11.4. The van der Waals surface area contributed by atoms with Gasteiger partial charge in [0.05, 0.1) is 5.33 Å². The lowest BCUT2D eigenvalue weighted by Crippen LogP contribution is -2.05. The molecule has 0 aromatic heterocycles. The van der Waals surface area contributed by atoms with Crippen LogP contribution in [0.25, 0.3) is 0 Å². The van der Waals surface area contributed by atoms with Gasteiger partial charge in [-0.15, -0.1) is 0 Å². The van der Waals surface area contributed by atoms with Gasteiger partial charge in [0.25, 0.3) is 0 Å². The number of carbonyl (C=O) groups excluding carboxylic acids is 1. The van der Waals surface area contributed by atoms with E-state index in [1.165, 1.54) is 6.07 Å². The molecular formula is C11H12BrFO. The molecule has 0 unspecified atom stereocenters. The van der Waals surface area contributed by atoms with Crippen LogP contribution in [0.1, 0.15) is 18.1 Å². The summed E-state index contributed by atoms with van der Waals surface area (Å²) in [7, 11) is 0. The fourth-order valence-corrected chi connectivity index (χ4v) is 1.44. The van der Waals surface area contributed by atoms with Crippen LogP contribution in [0, 0.1) is 5.82 Å². The third kappa shape index (κ3) is 2.91. The number of ketones is 1. The lowest BCUT2D eigenvalue weighted by molar-refractivity contribution is -0.115. The van der Waals surface area contributed by atoms with Crippen LogP contribution in [0.5, 0.6) is 0 Å². The Balaban J connectivity index is 2.89. The molecule has 76 valence electrons. The second-order valence-electron chi connectivity index (χ2n) is 3.13. The molecule has 0 atom stereocenters. The Morgan fingerprint density at radius 1 is 1.50 bits per heavy atom. The Morgan fingerprint density at radius 2 is 2.21 bits per heavy atom. The predicted octanol–water partition coefficient (Wildman–Crippen LogP) is 2.89. The van der Waals surface area contributed by atoms with Crippen LogP contribution in [-0.2, 0) is 17.6 Å². The van der Waals surface area contributed by atoms with E-state index in [2.05, 4.69) is 15.9 Å². The van der Waals surface area contributed by atoms with E-state index in [1.54, 1.807) is 12.1 Å². The predicted molar refractivity (Wildman–Crippen MR) is 58.3 cm³/mol. The zero-order valence-corrected chi connectivity index (χ0v) is 9.60. The van der Waals surface area contributed by atoms with E-state index in [-0.39, 0.29) is 23.4 Å². The molecule has 1 rings (SSSR count). The summed E-state index contributed by atoms with van der Waals surface area (Å²) in [6.45, 7) is 2.00. The van der Waals surface area contributed by atoms with Gasteiger partial charge in [0.15, 0.2) is 0 Å². The highest BCUT2D eigenvalue weighted by molar-refractivity contribution is 9.09. The molecule has 1 nitrogen and oxygen atoms in total. The minimum Gasteiger partial charge on any atom is -0.298 e. The number of rotatable bonds is 4. The zero-order chi connectivity index (χ0) is 10.6. The quantitative estimate of drug-likeness (QED) is 0.760. The highest BCUT2D eigenvalue weighted by Gasteiger charge is 2.07. The Hall–Kier alpha value is -0.700. The van der Waals surface area contributed by atoms with Crippen LogP contribution in [0.15, 0.2) is 18.2 Å². The Morgan fingerprint density at radius 3 is 2.79 bits per heavy atom. The number of aryl methyl sites for hydroxylation is 1. The largest absolute Gasteiger partial charge is 0.298 e. The molecule has 0 radical (unpaired) electrons. The highest BCUT2D eigenvalue weighted by Crippen LogP contribution is 2.12. The van der Waals surface area contributed by atoms with Crippen molar-refractivity contribution < 1.29 is 9.18 Å². The Kier molecular flexibility index (Phi) is 4.26.